The molecule has 3 aromatic rings. The van der Waals surface area contributed by atoms with E-state index in [0.717, 1.165) is 5.56 Å². The number of anilines is 1. The van der Waals surface area contributed by atoms with E-state index in [1.165, 1.54) is 4.68 Å². The van der Waals surface area contributed by atoms with Gasteiger partial charge in [-0.3, -0.25) is 4.79 Å². The molecule has 0 saturated heterocycles. The molecular formula is C13H12N6O2. The van der Waals surface area contributed by atoms with Gasteiger partial charge in [-0.15, -0.1) is 5.10 Å². The van der Waals surface area contributed by atoms with E-state index in [0.29, 0.717) is 17.4 Å². The van der Waals surface area contributed by atoms with Gasteiger partial charge >= 0.3 is 0 Å². The Labute approximate surface area is 119 Å². The molecule has 0 unspecified atom stereocenters. The summed E-state index contributed by atoms with van der Waals surface area (Å²) >= 11 is 0. The predicted molar refractivity (Wildman–Crippen MR) is 73.1 cm³/mol. The molecule has 1 amide bonds. The van der Waals surface area contributed by atoms with Crippen molar-refractivity contribution < 1.29 is 9.32 Å². The van der Waals surface area contributed by atoms with Crippen molar-refractivity contribution in [1.29, 1.82) is 0 Å². The number of aryl methyl sites for hydroxylation is 1. The molecule has 8 nitrogen and oxygen atoms in total. The van der Waals surface area contributed by atoms with Gasteiger partial charge in [-0.2, -0.15) is 0 Å². The summed E-state index contributed by atoms with van der Waals surface area (Å²) in [5.41, 5.74) is 0.840. The molecule has 0 fully saturated rings. The standard InChI is InChI=1S/C13H12N6O2/c1-9-7-11(16-21-9)14-12(20)8-19-13(15-17-18-19)10-5-3-2-4-6-10/h2-7H,8H2,1H3,(H,14,16,20). The van der Waals surface area contributed by atoms with E-state index in [4.69, 9.17) is 4.52 Å². The van der Waals surface area contributed by atoms with Crippen LogP contribution in [0.2, 0.25) is 0 Å². The Morgan fingerprint density at radius 1 is 1.33 bits per heavy atom. The molecule has 0 saturated carbocycles. The van der Waals surface area contributed by atoms with Gasteiger partial charge in [0.15, 0.2) is 11.6 Å². The van der Waals surface area contributed by atoms with Crippen LogP contribution in [-0.4, -0.2) is 31.3 Å². The molecule has 21 heavy (non-hydrogen) atoms. The van der Waals surface area contributed by atoms with Crippen molar-refractivity contribution in [2.24, 2.45) is 0 Å². The molecule has 0 spiro atoms. The minimum atomic E-state index is -0.284. The summed E-state index contributed by atoms with van der Waals surface area (Å²) in [5.74, 6) is 1.24. The first-order valence-corrected chi connectivity index (χ1v) is 6.27. The highest BCUT2D eigenvalue weighted by Gasteiger charge is 2.13. The number of nitrogens with zero attached hydrogens (tertiary/aromatic N) is 5. The number of benzene rings is 1. The first kappa shape index (κ1) is 13.0. The van der Waals surface area contributed by atoms with Crippen molar-refractivity contribution in [2.75, 3.05) is 5.32 Å². The Morgan fingerprint density at radius 2 is 2.14 bits per heavy atom. The van der Waals surface area contributed by atoms with E-state index in [9.17, 15) is 4.79 Å². The van der Waals surface area contributed by atoms with E-state index in [2.05, 4.69) is 26.0 Å². The SMILES string of the molecule is Cc1cc(NC(=O)Cn2nnnc2-c2ccccc2)no1. The van der Waals surface area contributed by atoms with Gasteiger partial charge in [0.25, 0.3) is 0 Å². The van der Waals surface area contributed by atoms with E-state index >= 15 is 0 Å². The molecule has 1 N–H and O–H groups in total. The van der Waals surface area contributed by atoms with Crippen molar-refractivity contribution in [2.45, 2.75) is 13.5 Å². The fourth-order valence-corrected chi connectivity index (χ4v) is 1.85. The molecule has 0 radical (unpaired) electrons. The molecule has 0 aliphatic heterocycles. The fraction of sp³-hybridized carbons (Fsp3) is 0.154. The van der Waals surface area contributed by atoms with E-state index < -0.39 is 0 Å². The van der Waals surface area contributed by atoms with Crippen LogP contribution in [0.1, 0.15) is 5.76 Å². The number of tetrazole rings is 1. The second-order valence-electron chi connectivity index (χ2n) is 4.40. The molecule has 1 aromatic carbocycles. The van der Waals surface area contributed by atoms with E-state index in [-0.39, 0.29) is 12.5 Å². The third-order valence-electron chi connectivity index (χ3n) is 2.75. The maximum absolute atomic E-state index is 12.0. The Balaban J connectivity index is 1.74. The van der Waals surface area contributed by atoms with Crippen molar-refractivity contribution in [3.8, 4) is 11.4 Å². The summed E-state index contributed by atoms with van der Waals surface area (Å²) in [4.78, 5) is 12.0. The number of aromatic nitrogens is 5. The van der Waals surface area contributed by atoms with E-state index in [1.807, 2.05) is 30.3 Å². The van der Waals surface area contributed by atoms with Gasteiger partial charge in [0, 0.05) is 11.6 Å². The number of carbonyl (C=O) groups is 1. The van der Waals surface area contributed by atoms with Crippen LogP contribution in [-0.2, 0) is 11.3 Å². The summed E-state index contributed by atoms with van der Waals surface area (Å²) in [6.07, 6.45) is 0. The van der Waals surface area contributed by atoms with Crippen molar-refractivity contribution in [3.05, 3.63) is 42.2 Å². The topological polar surface area (TPSA) is 98.7 Å². The van der Waals surface area contributed by atoms with Gasteiger partial charge in [-0.05, 0) is 17.4 Å². The molecule has 3 rings (SSSR count). The average Bonchev–Trinajstić information content (AvgIpc) is 3.09. The molecule has 8 heteroatoms. The van der Waals surface area contributed by atoms with E-state index in [1.54, 1.807) is 13.0 Å². The zero-order valence-electron chi connectivity index (χ0n) is 11.2. The Kier molecular flexibility index (Phi) is 3.42. The first-order chi connectivity index (χ1) is 10.2. The molecule has 0 atom stereocenters. The number of rotatable bonds is 4. The van der Waals surface area contributed by atoms with Gasteiger partial charge in [-0.1, -0.05) is 35.5 Å². The quantitative estimate of drug-likeness (QED) is 0.774. The average molecular weight is 284 g/mol. The lowest BCUT2D eigenvalue weighted by molar-refractivity contribution is -0.116. The fourth-order valence-electron chi connectivity index (χ4n) is 1.85. The van der Waals surface area contributed by atoms with Crippen molar-refractivity contribution in [1.82, 2.24) is 25.4 Å². The summed E-state index contributed by atoms with van der Waals surface area (Å²) < 4.78 is 6.31. The Morgan fingerprint density at radius 3 is 2.86 bits per heavy atom. The van der Waals surface area contributed by atoms with Crippen LogP contribution in [0.3, 0.4) is 0 Å². The normalized spacial score (nSPS) is 10.5. The zero-order chi connectivity index (χ0) is 14.7. The second kappa shape index (κ2) is 5.53. The number of carbonyl (C=O) groups excluding carboxylic acids is 1. The number of hydrogen-bond donors (Lipinski definition) is 1. The smallest absolute Gasteiger partial charge is 0.247 e. The van der Waals surface area contributed by atoms with Crippen LogP contribution in [0.15, 0.2) is 40.9 Å². The lowest BCUT2D eigenvalue weighted by Crippen LogP contribution is -2.20. The van der Waals surface area contributed by atoms with Gasteiger partial charge < -0.3 is 9.84 Å². The third-order valence-corrected chi connectivity index (χ3v) is 2.75. The highest BCUT2D eigenvalue weighted by atomic mass is 16.5. The second-order valence-corrected chi connectivity index (χ2v) is 4.40. The van der Waals surface area contributed by atoms with Crippen LogP contribution in [0.5, 0.6) is 0 Å². The molecular weight excluding hydrogens is 272 g/mol. The van der Waals surface area contributed by atoms with Crippen molar-refractivity contribution in [3.63, 3.8) is 0 Å². The lowest BCUT2D eigenvalue weighted by atomic mass is 10.2. The monoisotopic (exact) mass is 284 g/mol. The first-order valence-electron chi connectivity index (χ1n) is 6.27. The highest BCUT2D eigenvalue weighted by molar-refractivity contribution is 5.89. The van der Waals surface area contributed by atoms with Crippen LogP contribution < -0.4 is 5.32 Å². The maximum Gasteiger partial charge on any atom is 0.247 e. The largest absolute Gasteiger partial charge is 0.360 e. The summed E-state index contributed by atoms with van der Waals surface area (Å²) in [7, 11) is 0. The Bertz CT molecular complexity index is 749. The summed E-state index contributed by atoms with van der Waals surface area (Å²) in [6, 6.07) is 11.0. The summed E-state index contributed by atoms with van der Waals surface area (Å²) in [5, 5.41) is 17.7. The number of nitrogens with one attached hydrogen (secondary N) is 1. The van der Waals surface area contributed by atoms with Crippen LogP contribution >= 0.6 is 0 Å². The molecule has 0 bridgehead atoms. The predicted octanol–water partition coefficient (Wildman–Crippen LogP) is 1.28. The number of hydrogen-bond acceptors (Lipinski definition) is 6. The highest BCUT2D eigenvalue weighted by Crippen LogP contribution is 2.14. The minimum Gasteiger partial charge on any atom is -0.360 e. The molecule has 0 aliphatic carbocycles. The summed E-state index contributed by atoms with van der Waals surface area (Å²) in [6.45, 7) is 1.74. The number of amides is 1. The van der Waals surface area contributed by atoms with Crippen LogP contribution in [0.4, 0.5) is 5.82 Å². The molecule has 2 heterocycles. The van der Waals surface area contributed by atoms with Gasteiger partial charge in [0.2, 0.25) is 5.91 Å². The zero-order valence-corrected chi connectivity index (χ0v) is 11.2. The Hall–Kier alpha value is -3.03. The molecule has 2 aromatic heterocycles. The minimum absolute atomic E-state index is 0.0108. The third kappa shape index (κ3) is 2.94. The molecule has 106 valence electrons. The van der Waals surface area contributed by atoms with Gasteiger partial charge in [0.1, 0.15) is 12.3 Å². The van der Waals surface area contributed by atoms with Gasteiger partial charge in [0.05, 0.1) is 0 Å². The van der Waals surface area contributed by atoms with Crippen molar-refractivity contribution >= 4 is 11.7 Å². The van der Waals surface area contributed by atoms with Crippen LogP contribution in [0.25, 0.3) is 11.4 Å². The molecule has 0 aliphatic rings. The van der Waals surface area contributed by atoms with Gasteiger partial charge in [-0.25, -0.2) is 4.68 Å². The van der Waals surface area contributed by atoms with Crippen LogP contribution in [0, 0.1) is 6.92 Å². The maximum atomic E-state index is 12.0. The lowest BCUT2D eigenvalue weighted by Gasteiger charge is -2.04.